The summed E-state index contributed by atoms with van der Waals surface area (Å²) < 4.78 is 81.4. The summed E-state index contributed by atoms with van der Waals surface area (Å²) in [5.41, 5.74) is -4.22. The van der Waals surface area contributed by atoms with Crippen LogP contribution in [0.5, 0.6) is 0 Å². The van der Waals surface area contributed by atoms with E-state index in [1.165, 1.54) is 0 Å². The fourth-order valence-corrected chi connectivity index (χ4v) is 3.81. The Morgan fingerprint density at radius 3 is 2.44 bits per heavy atom. The van der Waals surface area contributed by atoms with Gasteiger partial charge in [-0.15, -0.1) is 0 Å². The molecule has 172 valence electrons. The molecule has 0 spiro atoms. The zero-order valence-electron chi connectivity index (χ0n) is 16.2. The molecule has 0 fully saturated rings. The molecule has 2 N–H and O–H groups in total. The smallest absolute Gasteiger partial charge is 0.287 e. The van der Waals surface area contributed by atoms with E-state index in [2.05, 4.69) is 15.5 Å². The first kappa shape index (κ1) is 22.1. The second-order valence-electron chi connectivity index (χ2n) is 7.46. The number of nitrogens with zero attached hydrogens (tertiary/aromatic N) is 4. The van der Waals surface area contributed by atoms with E-state index in [9.17, 15) is 36.2 Å². The van der Waals surface area contributed by atoms with Crippen molar-refractivity contribution in [3.8, 4) is 0 Å². The first-order valence-corrected chi connectivity index (χ1v) is 9.51. The lowest BCUT2D eigenvalue weighted by molar-refractivity contribution is -0.164. The fraction of sp³-hybridized carbons (Fsp3) is 0.421. The number of anilines is 1. The minimum absolute atomic E-state index is 0.0810. The molecule has 0 radical (unpaired) electrons. The van der Waals surface area contributed by atoms with Crippen LogP contribution in [-0.4, -0.2) is 56.5 Å². The maximum Gasteiger partial charge on any atom is 0.287 e. The molecule has 13 heteroatoms. The second-order valence-corrected chi connectivity index (χ2v) is 7.46. The second kappa shape index (κ2) is 8.11. The van der Waals surface area contributed by atoms with Crippen LogP contribution in [0.2, 0.25) is 0 Å². The molecule has 2 aromatic rings. The van der Waals surface area contributed by atoms with Crippen molar-refractivity contribution in [3.63, 3.8) is 0 Å². The van der Waals surface area contributed by atoms with Crippen molar-refractivity contribution in [2.45, 2.75) is 49.9 Å². The maximum absolute atomic E-state index is 13.7. The van der Waals surface area contributed by atoms with E-state index in [0.717, 1.165) is 10.9 Å². The number of rotatable bonds is 5. The number of alkyl halides is 6. The van der Waals surface area contributed by atoms with Crippen LogP contribution in [0.3, 0.4) is 0 Å². The quantitative estimate of drug-likeness (QED) is 0.666. The minimum atomic E-state index is -3.61. The average Bonchev–Trinajstić information content (AvgIpc) is 3.35. The molecule has 2 aliphatic heterocycles. The van der Waals surface area contributed by atoms with Crippen LogP contribution in [0.1, 0.15) is 40.8 Å². The zero-order valence-corrected chi connectivity index (χ0v) is 16.2. The number of nitrogens with one attached hydrogen (secondary N) is 1. The molecule has 3 atom stereocenters. The number of amides is 1. The van der Waals surface area contributed by atoms with Crippen LogP contribution in [0.15, 0.2) is 41.6 Å². The molecule has 1 aromatic carbocycles. The molecule has 32 heavy (non-hydrogen) atoms. The van der Waals surface area contributed by atoms with Gasteiger partial charge < -0.3 is 10.4 Å². The SMILES string of the molecule is O=C(c1cnn2c1N[C@@H](c1ccccc1)C[C@@H]2C(F)F)N1N=C(C(F)F)C[C@@]1(O)C(F)F. The van der Waals surface area contributed by atoms with Crippen molar-refractivity contribution >= 4 is 17.4 Å². The molecule has 7 nitrogen and oxygen atoms in total. The summed E-state index contributed by atoms with van der Waals surface area (Å²) in [6, 6.07) is 6.38. The Balaban J connectivity index is 1.74. The van der Waals surface area contributed by atoms with Crippen LogP contribution >= 0.6 is 0 Å². The van der Waals surface area contributed by atoms with Crippen LogP contribution in [-0.2, 0) is 0 Å². The summed E-state index contributed by atoms with van der Waals surface area (Å²) in [6.45, 7) is 0. The molecule has 0 aliphatic carbocycles. The van der Waals surface area contributed by atoms with Gasteiger partial charge in [0.1, 0.15) is 23.1 Å². The van der Waals surface area contributed by atoms with Gasteiger partial charge in [0.15, 0.2) is 0 Å². The minimum Gasteiger partial charge on any atom is -0.364 e. The maximum atomic E-state index is 13.7. The molecule has 4 rings (SSSR count). The number of aromatic nitrogens is 2. The third-order valence-corrected chi connectivity index (χ3v) is 5.45. The predicted octanol–water partition coefficient (Wildman–Crippen LogP) is 3.67. The molecule has 1 amide bonds. The van der Waals surface area contributed by atoms with Crippen molar-refractivity contribution in [2.75, 3.05) is 5.32 Å². The largest absolute Gasteiger partial charge is 0.364 e. The normalized spacial score (nSPS) is 25.3. The number of carbonyl (C=O) groups excluding carboxylic acids is 1. The number of halogens is 6. The zero-order chi connectivity index (χ0) is 23.2. The van der Waals surface area contributed by atoms with Gasteiger partial charge >= 0.3 is 0 Å². The molecule has 0 saturated carbocycles. The lowest BCUT2D eigenvalue weighted by Gasteiger charge is -2.33. The van der Waals surface area contributed by atoms with E-state index in [1.54, 1.807) is 30.3 Å². The number of hydrogen-bond acceptors (Lipinski definition) is 5. The first-order valence-electron chi connectivity index (χ1n) is 9.51. The van der Waals surface area contributed by atoms with Gasteiger partial charge in [0, 0.05) is 6.42 Å². The van der Waals surface area contributed by atoms with E-state index < -0.39 is 60.7 Å². The van der Waals surface area contributed by atoms with Gasteiger partial charge in [-0.2, -0.15) is 15.2 Å². The van der Waals surface area contributed by atoms with E-state index >= 15 is 0 Å². The number of carbonyl (C=O) groups is 1. The fourth-order valence-electron chi connectivity index (χ4n) is 3.81. The van der Waals surface area contributed by atoms with Gasteiger partial charge in [-0.05, 0) is 12.0 Å². The summed E-state index contributed by atoms with van der Waals surface area (Å²) in [4.78, 5) is 13.0. The molecule has 3 heterocycles. The van der Waals surface area contributed by atoms with Crippen LogP contribution < -0.4 is 5.32 Å². The van der Waals surface area contributed by atoms with E-state index in [-0.39, 0.29) is 17.2 Å². The lowest BCUT2D eigenvalue weighted by Crippen LogP contribution is -2.51. The van der Waals surface area contributed by atoms with Crippen molar-refractivity contribution in [1.29, 1.82) is 0 Å². The number of hydrogen-bond donors (Lipinski definition) is 2. The highest BCUT2D eigenvalue weighted by molar-refractivity contribution is 6.02. The first-order chi connectivity index (χ1) is 15.1. The topological polar surface area (TPSA) is 82.8 Å². The summed E-state index contributed by atoms with van der Waals surface area (Å²) in [6.07, 6.45) is -10.2. The Morgan fingerprint density at radius 2 is 1.84 bits per heavy atom. The summed E-state index contributed by atoms with van der Waals surface area (Å²) in [5.74, 6) is -1.59. The highest BCUT2D eigenvalue weighted by Crippen LogP contribution is 2.41. The Morgan fingerprint density at radius 1 is 1.16 bits per heavy atom. The van der Waals surface area contributed by atoms with Crippen molar-refractivity contribution in [1.82, 2.24) is 14.8 Å². The average molecular weight is 461 g/mol. The molecular formula is C19H17F6N5O2. The monoisotopic (exact) mass is 461 g/mol. The van der Waals surface area contributed by atoms with Gasteiger partial charge in [0.2, 0.25) is 5.72 Å². The third-order valence-electron chi connectivity index (χ3n) is 5.45. The Kier molecular flexibility index (Phi) is 5.61. The van der Waals surface area contributed by atoms with Gasteiger partial charge in [0.25, 0.3) is 25.2 Å². The van der Waals surface area contributed by atoms with Gasteiger partial charge in [-0.3, -0.25) is 4.79 Å². The van der Waals surface area contributed by atoms with Crippen LogP contribution in [0.4, 0.5) is 32.2 Å². The van der Waals surface area contributed by atoms with Gasteiger partial charge in [-0.1, -0.05) is 30.3 Å². The summed E-state index contributed by atoms with van der Waals surface area (Å²) >= 11 is 0. The Bertz CT molecular complexity index is 1030. The standard InChI is InChI=1S/C19H17F6N5O2/c20-14(21)12-7-19(32,18(24)25)30(28-12)17(31)10-8-26-29-13(15(22)23)6-11(27-16(10)29)9-4-2-1-3-5-9/h1-5,8,11,13-15,18,27,32H,6-7H2/t11-,13-,19-/m1/s1. The van der Waals surface area contributed by atoms with Crippen molar-refractivity contribution in [2.24, 2.45) is 5.10 Å². The molecule has 0 bridgehead atoms. The predicted molar refractivity (Wildman–Crippen MR) is 99.9 cm³/mol. The van der Waals surface area contributed by atoms with E-state index in [4.69, 9.17) is 0 Å². The molecule has 2 aliphatic rings. The summed E-state index contributed by atoms with van der Waals surface area (Å²) in [7, 11) is 0. The molecule has 0 saturated heterocycles. The number of fused-ring (bicyclic) bond motifs is 1. The third kappa shape index (κ3) is 3.59. The van der Waals surface area contributed by atoms with Crippen LogP contribution in [0, 0.1) is 0 Å². The molecule has 0 unspecified atom stereocenters. The Hall–Kier alpha value is -3.09. The van der Waals surface area contributed by atoms with E-state index in [0.29, 0.717) is 5.56 Å². The van der Waals surface area contributed by atoms with Crippen molar-refractivity contribution in [3.05, 3.63) is 47.7 Å². The van der Waals surface area contributed by atoms with Gasteiger partial charge in [-0.25, -0.2) is 31.0 Å². The van der Waals surface area contributed by atoms with Crippen molar-refractivity contribution < 1.29 is 36.2 Å². The van der Waals surface area contributed by atoms with Gasteiger partial charge in [0.05, 0.1) is 12.2 Å². The van der Waals surface area contributed by atoms with Crippen LogP contribution in [0.25, 0.3) is 0 Å². The lowest BCUT2D eigenvalue weighted by atomic mass is 9.97. The molecular weight excluding hydrogens is 444 g/mol. The van der Waals surface area contributed by atoms with E-state index in [1.807, 2.05) is 0 Å². The highest BCUT2D eigenvalue weighted by Gasteiger charge is 2.54. The molecule has 1 aromatic heterocycles. The Labute approximate surface area is 177 Å². The number of aliphatic hydroxyl groups is 1. The number of benzene rings is 1. The summed E-state index contributed by atoms with van der Waals surface area (Å²) in [5, 5.41) is 20.0. The number of hydrazone groups is 1. The highest BCUT2D eigenvalue weighted by atomic mass is 19.3.